The summed E-state index contributed by atoms with van der Waals surface area (Å²) in [7, 11) is 1.62. The van der Waals surface area contributed by atoms with Crippen molar-refractivity contribution in [3.05, 3.63) is 22.7 Å². The largest absolute Gasteiger partial charge is 0.497 e. The lowest BCUT2D eigenvalue weighted by molar-refractivity contribution is 0.0530. The standard InChI is InChI=1S/C14H21BrN2O3/c1-14(2,3)20-13(18)17-8-7-16-12-9-10(19-4)5-6-11(12)15/h5-6,9,16H,7-8H2,1-4H3,(H,17,18). The zero-order valence-corrected chi connectivity index (χ0v) is 13.8. The molecule has 1 aromatic rings. The van der Waals surface area contributed by atoms with E-state index in [-0.39, 0.29) is 0 Å². The van der Waals surface area contributed by atoms with Gasteiger partial charge in [0, 0.05) is 23.6 Å². The highest BCUT2D eigenvalue weighted by atomic mass is 79.9. The van der Waals surface area contributed by atoms with E-state index in [9.17, 15) is 4.79 Å². The molecule has 1 aromatic carbocycles. The second-order valence-electron chi connectivity index (χ2n) is 5.20. The molecular formula is C14H21BrN2O3. The second kappa shape index (κ2) is 7.38. The molecule has 1 rings (SSSR count). The van der Waals surface area contributed by atoms with Crippen LogP contribution in [0.1, 0.15) is 20.8 Å². The molecule has 0 unspecified atom stereocenters. The minimum absolute atomic E-state index is 0.413. The Hall–Kier alpha value is -1.43. The molecule has 1 amide bonds. The fraction of sp³-hybridized carbons (Fsp3) is 0.500. The Balaban J connectivity index is 2.36. The molecule has 2 N–H and O–H groups in total. The van der Waals surface area contributed by atoms with Crippen LogP contribution in [-0.2, 0) is 4.74 Å². The number of benzene rings is 1. The van der Waals surface area contributed by atoms with Crippen LogP contribution in [0.4, 0.5) is 10.5 Å². The molecule has 0 saturated carbocycles. The highest BCUT2D eigenvalue weighted by molar-refractivity contribution is 9.10. The van der Waals surface area contributed by atoms with Crippen molar-refractivity contribution in [3.63, 3.8) is 0 Å². The Morgan fingerprint density at radius 2 is 2.00 bits per heavy atom. The minimum Gasteiger partial charge on any atom is -0.497 e. The summed E-state index contributed by atoms with van der Waals surface area (Å²) in [5.74, 6) is 0.774. The molecule has 0 fully saturated rings. The maximum atomic E-state index is 11.4. The van der Waals surface area contributed by atoms with Gasteiger partial charge in [0.25, 0.3) is 0 Å². The molecule has 0 saturated heterocycles. The normalized spacial score (nSPS) is 10.8. The number of carbonyl (C=O) groups excluding carboxylic acids is 1. The Labute approximate surface area is 128 Å². The minimum atomic E-state index is -0.479. The van der Waals surface area contributed by atoms with Crippen LogP contribution in [0.2, 0.25) is 0 Å². The van der Waals surface area contributed by atoms with Crippen LogP contribution in [0.15, 0.2) is 22.7 Å². The van der Waals surface area contributed by atoms with Gasteiger partial charge < -0.3 is 20.1 Å². The lowest BCUT2D eigenvalue weighted by Crippen LogP contribution is -2.35. The van der Waals surface area contributed by atoms with Gasteiger partial charge in [0.2, 0.25) is 0 Å². The van der Waals surface area contributed by atoms with Crippen molar-refractivity contribution in [2.24, 2.45) is 0 Å². The number of alkyl carbamates (subject to hydrolysis) is 1. The number of carbonyl (C=O) groups is 1. The average Bonchev–Trinajstić information content (AvgIpc) is 2.34. The summed E-state index contributed by atoms with van der Waals surface area (Å²) < 4.78 is 11.2. The molecule has 0 aliphatic heterocycles. The number of amides is 1. The van der Waals surface area contributed by atoms with Crippen molar-refractivity contribution in [2.45, 2.75) is 26.4 Å². The van der Waals surface area contributed by atoms with E-state index in [0.717, 1.165) is 15.9 Å². The third-order valence-electron chi connectivity index (χ3n) is 2.28. The first-order valence-corrected chi connectivity index (χ1v) is 7.15. The summed E-state index contributed by atoms with van der Waals surface area (Å²) in [5, 5.41) is 5.90. The Morgan fingerprint density at radius 1 is 1.30 bits per heavy atom. The highest BCUT2D eigenvalue weighted by Crippen LogP contribution is 2.26. The van der Waals surface area contributed by atoms with Crippen molar-refractivity contribution in [3.8, 4) is 5.75 Å². The number of ether oxygens (including phenoxy) is 2. The smallest absolute Gasteiger partial charge is 0.407 e. The molecule has 0 aliphatic carbocycles. The summed E-state index contributed by atoms with van der Waals surface area (Å²) in [6, 6.07) is 5.66. The third-order valence-corrected chi connectivity index (χ3v) is 2.97. The summed E-state index contributed by atoms with van der Waals surface area (Å²) in [6.45, 7) is 6.55. The monoisotopic (exact) mass is 344 g/mol. The van der Waals surface area contributed by atoms with Gasteiger partial charge in [-0.2, -0.15) is 0 Å². The van der Waals surface area contributed by atoms with Gasteiger partial charge in [-0.05, 0) is 48.8 Å². The average molecular weight is 345 g/mol. The topological polar surface area (TPSA) is 59.6 Å². The van der Waals surface area contributed by atoms with Gasteiger partial charge in [-0.15, -0.1) is 0 Å². The van der Waals surface area contributed by atoms with Crippen LogP contribution in [0.3, 0.4) is 0 Å². The van der Waals surface area contributed by atoms with Crippen molar-refractivity contribution >= 4 is 27.7 Å². The van der Waals surface area contributed by atoms with Crippen LogP contribution in [0, 0.1) is 0 Å². The molecule has 0 heterocycles. The summed E-state index contributed by atoms with van der Waals surface area (Å²) in [4.78, 5) is 11.4. The summed E-state index contributed by atoms with van der Waals surface area (Å²) in [6.07, 6.45) is -0.413. The van der Waals surface area contributed by atoms with Crippen molar-refractivity contribution in [1.82, 2.24) is 5.32 Å². The maximum absolute atomic E-state index is 11.4. The Morgan fingerprint density at radius 3 is 2.60 bits per heavy atom. The first-order valence-electron chi connectivity index (χ1n) is 6.36. The lowest BCUT2D eigenvalue weighted by atomic mass is 10.2. The van der Waals surface area contributed by atoms with Crippen LogP contribution in [0.25, 0.3) is 0 Å². The molecule has 0 spiro atoms. The van der Waals surface area contributed by atoms with E-state index in [1.165, 1.54) is 0 Å². The van der Waals surface area contributed by atoms with E-state index in [1.807, 2.05) is 39.0 Å². The van der Waals surface area contributed by atoms with E-state index < -0.39 is 11.7 Å². The molecular weight excluding hydrogens is 324 g/mol. The van der Waals surface area contributed by atoms with Gasteiger partial charge in [0.15, 0.2) is 0 Å². The summed E-state index contributed by atoms with van der Waals surface area (Å²) >= 11 is 3.45. The second-order valence-corrected chi connectivity index (χ2v) is 6.06. The van der Waals surface area contributed by atoms with Crippen LogP contribution < -0.4 is 15.4 Å². The van der Waals surface area contributed by atoms with Gasteiger partial charge in [0.1, 0.15) is 11.4 Å². The van der Waals surface area contributed by atoms with E-state index >= 15 is 0 Å². The van der Waals surface area contributed by atoms with Crippen molar-refractivity contribution in [1.29, 1.82) is 0 Å². The van der Waals surface area contributed by atoms with Crippen molar-refractivity contribution in [2.75, 3.05) is 25.5 Å². The number of hydrogen-bond acceptors (Lipinski definition) is 4. The fourth-order valence-electron chi connectivity index (χ4n) is 1.44. The Kier molecular flexibility index (Phi) is 6.13. The number of hydrogen-bond donors (Lipinski definition) is 2. The number of anilines is 1. The van der Waals surface area contributed by atoms with E-state index in [4.69, 9.17) is 9.47 Å². The molecule has 20 heavy (non-hydrogen) atoms. The zero-order chi connectivity index (χ0) is 15.2. The number of nitrogens with one attached hydrogen (secondary N) is 2. The van der Waals surface area contributed by atoms with E-state index in [1.54, 1.807) is 7.11 Å². The predicted molar refractivity (Wildman–Crippen MR) is 83.4 cm³/mol. The SMILES string of the molecule is COc1ccc(Br)c(NCCNC(=O)OC(C)(C)C)c1. The zero-order valence-electron chi connectivity index (χ0n) is 12.2. The van der Waals surface area contributed by atoms with Gasteiger partial charge >= 0.3 is 6.09 Å². The molecule has 0 aromatic heterocycles. The number of halogens is 1. The third kappa shape index (κ3) is 6.14. The lowest BCUT2D eigenvalue weighted by Gasteiger charge is -2.19. The highest BCUT2D eigenvalue weighted by Gasteiger charge is 2.15. The van der Waals surface area contributed by atoms with Crippen LogP contribution >= 0.6 is 15.9 Å². The number of rotatable bonds is 5. The van der Waals surface area contributed by atoms with Crippen molar-refractivity contribution < 1.29 is 14.3 Å². The predicted octanol–water partition coefficient (Wildman–Crippen LogP) is 3.39. The van der Waals surface area contributed by atoms with E-state index in [2.05, 4.69) is 26.6 Å². The molecule has 0 atom stereocenters. The van der Waals surface area contributed by atoms with Gasteiger partial charge in [-0.3, -0.25) is 0 Å². The molecule has 0 radical (unpaired) electrons. The molecule has 5 nitrogen and oxygen atoms in total. The van der Waals surface area contributed by atoms with Gasteiger partial charge in [0.05, 0.1) is 12.8 Å². The quantitative estimate of drug-likeness (QED) is 0.803. The van der Waals surface area contributed by atoms with Gasteiger partial charge in [-0.25, -0.2) is 4.79 Å². The van der Waals surface area contributed by atoms with Crippen LogP contribution in [-0.4, -0.2) is 31.9 Å². The Bertz CT molecular complexity index is 458. The number of methoxy groups -OCH3 is 1. The van der Waals surface area contributed by atoms with E-state index in [0.29, 0.717) is 13.1 Å². The summed E-state index contributed by atoms with van der Waals surface area (Å²) in [5.41, 5.74) is 0.434. The molecule has 6 heteroatoms. The molecule has 0 bridgehead atoms. The first kappa shape index (κ1) is 16.6. The van der Waals surface area contributed by atoms with Gasteiger partial charge in [-0.1, -0.05) is 0 Å². The van der Waals surface area contributed by atoms with Crippen LogP contribution in [0.5, 0.6) is 5.75 Å². The molecule has 0 aliphatic rings. The maximum Gasteiger partial charge on any atom is 0.407 e. The fourth-order valence-corrected chi connectivity index (χ4v) is 1.83. The first-order chi connectivity index (χ1) is 9.31. The molecule has 112 valence electrons.